The number of hydrogen-bond donors (Lipinski definition) is 1. The fourth-order valence-corrected chi connectivity index (χ4v) is 3.00. The van der Waals surface area contributed by atoms with E-state index in [-0.39, 0.29) is 17.8 Å². The second kappa shape index (κ2) is 6.82. The van der Waals surface area contributed by atoms with Crippen LogP contribution in [0.4, 0.5) is 4.39 Å². The van der Waals surface area contributed by atoms with Gasteiger partial charge in [-0.3, -0.25) is 4.98 Å². The van der Waals surface area contributed by atoms with Gasteiger partial charge in [0.1, 0.15) is 6.10 Å². The third kappa shape index (κ3) is 3.51. The van der Waals surface area contributed by atoms with E-state index in [2.05, 4.69) is 10.3 Å². The topological polar surface area (TPSA) is 34.1 Å². The molecule has 1 aromatic carbocycles. The number of halogens is 3. The highest BCUT2D eigenvalue weighted by atomic mass is 35.5. The number of benzene rings is 1. The summed E-state index contributed by atoms with van der Waals surface area (Å²) in [7, 11) is 0. The fourth-order valence-electron chi connectivity index (χ4n) is 2.66. The van der Waals surface area contributed by atoms with Crippen molar-refractivity contribution in [1.29, 1.82) is 0 Å². The summed E-state index contributed by atoms with van der Waals surface area (Å²) < 4.78 is 20.0. The Morgan fingerprint density at radius 1 is 1.23 bits per heavy atom. The molecule has 3 rings (SSSR count). The maximum absolute atomic E-state index is 14.0. The Balaban J connectivity index is 1.91. The molecule has 1 aromatic heterocycles. The average Bonchev–Trinajstić information content (AvgIpc) is 3.00. The third-order valence-electron chi connectivity index (χ3n) is 3.73. The summed E-state index contributed by atoms with van der Waals surface area (Å²) in [5.74, 6) is -0.0601. The third-order valence-corrected chi connectivity index (χ3v) is 4.17. The fraction of sp³-hybridized carbons (Fsp3) is 0.312. The lowest BCUT2D eigenvalue weighted by Gasteiger charge is -2.25. The molecule has 2 aromatic rings. The van der Waals surface area contributed by atoms with Gasteiger partial charge in [-0.05, 0) is 37.2 Å². The highest BCUT2D eigenvalue weighted by Gasteiger charge is 2.29. The lowest BCUT2D eigenvalue weighted by Crippen LogP contribution is -2.22. The molecule has 1 fully saturated rings. The predicted octanol–water partition coefficient (Wildman–Crippen LogP) is 4.26. The number of nitrogens with zero attached hydrogens (tertiary/aromatic N) is 1. The molecule has 0 bridgehead atoms. The van der Waals surface area contributed by atoms with Crippen molar-refractivity contribution in [3.05, 3.63) is 58.1 Å². The molecule has 1 N–H and O–H groups in total. The van der Waals surface area contributed by atoms with Crippen molar-refractivity contribution in [3.63, 3.8) is 0 Å². The van der Waals surface area contributed by atoms with Crippen molar-refractivity contribution in [1.82, 2.24) is 10.3 Å². The van der Waals surface area contributed by atoms with Crippen LogP contribution < -0.4 is 10.1 Å². The van der Waals surface area contributed by atoms with Crippen LogP contribution in [0, 0.1) is 11.7 Å². The van der Waals surface area contributed by atoms with Crippen molar-refractivity contribution in [3.8, 4) is 5.75 Å². The molecule has 0 spiro atoms. The van der Waals surface area contributed by atoms with Crippen LogP contribution in [-0.2, 0) is 0 Å². The lowest BCUT2D eigenvalue weighted by atomic mass is 9.96. The molecule has 0 aliphatic carbocycles. The van der Waals surface area contributed by atoms with Crippen LogP contribution >= 0.6 is 23.2 Å². The second-order valence-electron chi connectivity index (χ2n) is 5.30. The van der Waals surface area contributed by atoms with Gasteiger partial charge in [-0.1, -0.05) is 23.2 Å². The van der Waals surface area contributed by atoms with Crippen molar-refractivity contribution in [2.45, 2.75) is 12.5 Å². The van der Waals surface area contributed by atoms with Gasteiger partial charge in [-0.2, -0.15) is 0 Å². The van der Waals surface area contributed by atoms with E-state index in [0.717, 1.165) is 25.1 Å². The first-order chi connectivity index (χ1) is 10.6. The molecule has 2 atom stereocenters. The molecule has 2 heterocycles. The summed E-state index contributed by atoms with van der Waals surface area (Å²) in [5, 5.41) is 4.18. The van der Waals surface area contributed by atoms with E-state index in [9.17, 15) is 4.39 Å². The van der Waals surface area contributed by atoms with Crippen molar-refractivity contribution in [2.24, 2.45) is 5.92 Å². The Bertz CT molecular complexity index is 662. The second-order valence-corrected chi connectivity index (χ2v) is 6.18. The Labute approximate surface area is 138 Å². The first-order valence-electron chi connectivity index (χ1n) is 7.06. The van der Waals surface area contributed by atoms with E-state index < -0.39 is 5.82 Å². The molecule has 0 radical (unpaired) electrons. The van der Waals surface area contributed by atoms with Gasteiger partial charge in [-0.15, -0.1) is 0 Å². The van der Waals surface area contributed by atoms with Crippen LogP contribution in [0.25, 0.3) is 0 Å². The minimum absolute atomic E-state index is 0.182. The molecule has 0 saturated carbocycles. The maximum atomic E-state index is 14.0. The molecule has 116 valence electrons. The Morgan fingerprint density at radius 2 is 2.09 bits per heavy atom. The highest BCUT2D eigenvalue weighted by Crippen LogP contribution is 2.34. The molecule has 3 nitrogen and oxygen atoms in total. The zero-order valence-corrected chi connectivity index (χ0v) is 13.2. The largest absolute Gasteiger partial charge is 0.482 e. The van der Waals surface area contributed by atoms with E-state index in [1.54, 1.807) is 24.5 Å². The standard InChI is InChI=1S/C16H15Cl2FN2O/c17-12-1-2-15(14(19)6-12)22-16(10-3-4-20-7-10)11-5-13(18)9-21-8-11/h1-2,5-6,8-10,16,20H,3-4,7H2/t10-,16?/m0/s1. The Morgan fingerprint density at radius 3 is 2.77 bits per heavy atom. The van der Waals surface area contributed by atoms with E-state index in [1.807, 2.05) is 6.07 Å². The first kappa shape index (κ1) is 15.5. The number of hydrogen-bond acceptors (Lipinski definition) is 3. The molecule has 1 aliphatic heterocycles. The van der Waals surface area contributed by atoms with Gasteiger partial charge in [0.15, 0.2) is 11.6 Å². The van der Waals surface area contributed by atoms with Gasteiger partial charge < -0.3 is 10.1 Å². The van der Waals surface area contributed by atoms with Crippen molar-refractivity contribution < 1.29 is 9.13 Å². The van der Waals surface area contributed by atoms with Gasteiger partial charge in [0.2, 0.25) is 0 Å². The van der Waals surface area contributed by atoms with Gasteiger partial charge >= 0.3 is 0 Å². The van der Waals surface area contributed by atoms with Crippen LogP contribution in [0.2, 0.25) is 10.0 Å². The van der Waals surface area contributed by atoms with Gasteiger partial charge in [0, 0.05) is 35.4 Å². The van der Waals surface area contributed by atoms with Crippen LogP contribution in [0.3, 0.4) is 0 Å². The summed E-state index contributed by atoms with van der Waals surface area (Å²) in [6.45, 7) is 1.73. The number of aromatic nitrogens is 1. The van der Waals surface area contributed by atoms with Crippen LogP contribution in [0.15, 0.2) is 36.7 Å². The number of nitrogens with one attached hydrogen (secondary N) is 1. The smallest absolute Gasteiger partial charge is 0.166 e. The monoisotopic (exact) mass is 340 g/mol. The molecular weight excluding hydrogens is 326 g/mol. The average molecular weight is 341 g/mol. The van der Waals surface area contributed by atoms with Crippen LogP contribution in [-0.4, -0.2) is 18.1 Å². The van der Waals surface area contributed by atoms with Gasteiger partial charge in [0.05, 0.1) is 5.02 Å². The summed E-state index contributed by atoms with van der Waals surface area (Å²) in [4.78, 5) is 4.11. The van der Waals surface area contributed by atoms with Gasteiger partial charge in [-0.25, -0.2) is 4.39 Å². The van der Waals surface area contributed by atoms with Crippen LogP contribution in [0.1, 0.15) is 18.1 Å². The van der Waals surface area contributed by atoms with E-state index >= 15 is 0 Å². The minimum Gasteiger partial charge on any atom is -0.482 e. The zero-order chi connectivity index (χ0) is 15.5. The van der Waals surface area contributed by atoms with E-state index in [0.29, 0.717) is 10.0 Å². The molecular formula is C16H15Cl2FN2O. The SMILES string of the molecule is Fc1cc(Cl)ccc1OC(c1cncc(Cl)c1)[C@H]1CCNC1. The van der Waals surface area contributed by atoms with E-state index in [1.165, 1.54) is 6.07 Å². The molecule has 1 saturated heterocycles. The minimum atomic E-state index is -0.474. The summed E-state index contributed by atoms with van der Waals surface area (Å²) in [6, 6.07) is 6.22. The van der Waals surface area contributed by atoms with Crippen LogP contribution in [0.5, 0.6) is 5.75 Å². The highest BCUT2D eigenvalue weighted by molar-refractivity contribution is 6.30. The lowest BCUT2D eigenvalue weighted by molar-refractivity contribution is 0.138. The Kier molecular flexibility index (Phi) is 4.81. The quantitative estimate of drug-likeness (QED) is 0.902. The van der Waals surface area contributed by atoms with E-state index in [4.69, 9.17) is 27.9 Å². The zero-order valence-electron chi connectivity index (χ0n) is 11.7. The van der Waals surface area contributed by atoms with Crippen molar-refractivity contribution in [2.75, 3.05) is 13.1 Å². The predicted molar refractivity (Wildman–Crippen MR) is 85.0 cm³/mol. The summed E-state index contributed by atoms with van der Waals surface area (Å²) in [5.41, 5.74) is 0.843. The molecule has 22 heavy (non-hydrogen) atoms. The molecule has 1 unspecified atom stereocenters. The molecule has 1 aliphatic rings. The number of pyridine rings is 1. The molecule has 6 heteroatoms. The first-order valence-corrected chi connectivity index (χ1v) is 7.82. The summed E-state index contributed by atoms with van der Waals surface area (Å²) in [6.07, 6.45) is 3.92. The molecule has 0 amide bonds. The Hall–Kier alpha value is -1.36. The number of rotatable bonds is 4. The van der Waals surface area contributed by atoms with Gasteiger partial charge in [0.25, 0.3) is 0 Å². The normalized spacial score (nSPS) is 19.1. The maximum Gasteiger partial charge on any atom is 0.166 e. The number of ether oxygens (including phenoxy) is 1. The summed E-state index contributed by atoms with van der Waals surface area (Å²) >= 11 is 11.8. The van der Waals surface area contributed by atoms with Crippen molar-refractivity contribution >= 4 is 23.2 Å².